The summed E-state index contributed by atoms with van der Waals surface area (Å²) in [7, 11) is 1.00. The van der Waals surface area contributed by atoms with E-state index in [2.05, 4.69) is 10.2 Å². The highest BCUT2D eigenvalue weighted by Crippen LogP contribution is 2.17. The maximum Gasteiger partial charge on any atom is 0.0319 e. The van der Waals surface area contributed by atoms with Crippen LogP contribution in [0, 0.1) is 0 Å². The van der Waals surface area contributed by atoms with Gasteiger partial charge in [-0.05, 0) is 19.4 Å². The highest BCUT2D eigenvalue weighted by molar-refractivity contribution is 4.82. The van der Waals surface area contributed by atoms with Crippen LogP contribution < -0.4 is 5.32 Å². The number of aliphatic hydroxyl groups excluding tert-OH is 1. The van der Waals surface area contributed by atoms with Crippen LogP contribution in [-0.2, 0) is 0 Å². The number of rotatable bonds is 0. The largest absolute Gasteiger partial charge is 0.400 e. The van der Waals surface area contributed by atoms with E-state index in [1.807, 2.05) is 0 Å². The summed E-state index contributed by atoms with van der Waals surface area (Å²) in [6.45, 7) is 5.08. The monoisotopic (exact) mass is 172 g/mol. The molecule has 0 aromatic rings. The Morgan fingerprint density at radius 2 is 2.08 bits per heavy atom. The van der Waals surface area contributed by atoms with Crippen molar-refractivity contribution >= 4 is 0 Å². The molecular formula is C9H20N2O. The van der Waals surface area contributed by atoms with Crippen LogP contribution >= 0.6 is 0 Å². The van der Waals surface area contributed by atoms with Crippen molar-refractivity contribution in [2.75, 3.05) is 33.3 Å². The number of piperidine rings is 1. The predicted molar refractivity (Wildman–Crippen MR) is 50.2 cm³/mol. The minimum absolute atomic E-state index is 0.877. The molecule has 0 unspecified atom stereocenters. The molecule has 0 amide bonds. The molecule has 2 fully saturated rings. The number of aliphatic hydroxyl groups is 1. The molecule has 72 valence electrons. The lowest BCUT2D eigenvalue weighted by Gasteiger charge is -2.39. The lowest BCUT2D eigenvalue weighted by Crippen LogP contribution is -2.53. The maximum atomic E-state index is 7.00. The molecule has 0 aliphatic carbocycles. The maximum absolute atomic E-state index is 7.00. The fourth-order valence-corrected chi connectivity index (χ4v) is 2.08. The van der Waals surface area contributed by atoms with E-state index in [9.17, 15) is 0 Å². The normalized spacial score (nSPS) is 30.0. The lowest BCUT2D eigenvalue weighted by molar-refractivity contribution is 0.121. The van der Waals surface area contributed by atoms with E-state index in [0.29, 0.717) is 0 Å². The second kappa shape index (κ2) is 5.51. The summed E-state index contributed by atoms with van der Waals surface area (Å²) >= 11 is 0. The van der Waals surface area contributed by atoms with E-state index in [-0.39, 0.29) is 0 Å². The van der Waals surface area contributed by atoms with Crippen molar-refractivity contribution in [1.82, 2.24) is 10.2 Å². The van der Waals surface area contributed by atoms with Crippen molar-refractivity contribution < 1.29 is 5.11 Å². The smallest absolute Gasteiger partial charge is 0.0319 e. The summed E-state index contributed by atoms with van der Waals surface area (Å²) in [5.74, 6) is 0. The molecule has 1 atom stereocenters. The number of piperazine rings is 1. The highest BCUT2D eigenvalue weighted by atomic mass is 16.2. The van der Waals surface area contributed by atoms with Crippen molar-refractivity contribution in [3.63, 3.8) is 0 Å². The quantitative estimate of drug-likeness (QED) is 0.542. The molecule has 12 heavy (non-hydrogen) atoms. The zero-order valence-corrected chi connectivity index (χ0v) is 7.92. The van der Waals surface area contributed by atoms with Crippen LogP contribution in [0.1, 0.15) is 19.3 Å². The lowest BCUT2D eigenvalue weighted by atomic mass is 10.0. The van der Waals surface area contributed by atoms with E-state index in [0.717, 1.165) is 13.2 Å². The van der Waals surface area contributed by atoms with Crippen LogP contribution in [0.15, 0.2) is 0 Å². The Bertz CT molecular complexity index is 93.1. The molecule has 2 rings (SSSR count). The molecule has 3 nitrogen and oxygen atoms in total. The van der Waals surface area contributed by atoms with Crippen LogP contribution in [0.3, 0.4) is 0 Å². The molecule has 3 heteroatoms. The Morgan fingerprint density at radius 3 is 2.83 bits per heavy atom. The van der Waals surface area contributed by atoms with Crippen molar-refractivity contribution in [2.24, 2.45) is 0 Å². The summed E-state index contributed by atoms with van der Waals surface area (Å²) in [6.07, 6.45) is 4.30. The average Bonchev–Trinajstić information content (AvgIpc) is 2.21. The first-order chi connectivity index (χ1) is 5.97. The third kappa shape index (κ3) is 2.44. The first-order valence-corrected chi connectivity index (χ1v) is 4.86. The molecule has 2 aliphatic rings. The minimum atomic E-state index is 0.877. The second-order valence-electron chi connectivity index (χ2n) is 3.39. The van der Waals surface area contributed by atoms with Crippen LogP contribution in [0.4, 0.5) is 0 Å². The summed E-state index contributed by atoms with van der Waals surface area (Å²) in [5, 5.41) is 10.4. The summed E-state index contributed by atoms with van der Waals surface area (Å²) in [6, 6.07) is 0.877. The van der Waals surface area contributed by atoms with Gasteiger partial charge in [-0.25, -0.2) is 0 Å². The Labute approximate surface area is 74.8 Å². The van der Waals surface area contributed by atoms with Gasteiger partial charge in [0.1, 0.15) is 0 Å². The Balaban J connectivity index is 0.000000336. The average molecular weight is 172 g/mol. The number of fused-ring (bicyclic) bond motifs is 1. The zero-order valence-electron chi connectivity index (χ0n) is 7.92. The molecule has 0 spiro atoms. The van der Waals surface area contributed by atoms with E-state index in [1.165, 1.54) is 45.4 Å². The first kappa shape index (κ1) is 9.96. The van der Waals surface area contributed by atoms with Crippen molar-refractivity contribution in [3.05, 3.63) is 0 Å². The van der Waals surface area contributed by atoms with Gasteiger partial charge in [-0.1, -0.05) is 6.42 Å². The molecule has 0 aromatic carbocycles. The third-order valence-corrected chi connectivity index (χ3v) is 2.70. The fourth-order valence-electron chi connectivity index (χ4n) is 2.08. The second-order valence-corrected chi connectivity index (χ2v) is 3.39. The Morgan fingerprint density at radius 1 is 1.25 bits per heavy atom. The highest BCUT2D eigenvalue weighted by Gasteiger charge is 2.23. The Hall–Kier alpha value is -0.120. The van der Waals surface area contributed by atoms with Gasteiger partial charge in [0.25, 0.3) is 0 Å². The summed E-state index contributed by atoms with van der Waals surface area (Å²) in [5.41, 5.74) is 0. The molecule has 0 radical (unpaired) electrons. The predicted octanol–water partition coefficient (Wildman–Crippen LogP) is 0.0526. The van der Waals surface area contributed by atoms with Gasteiger partial charge in [0.05, 0.1) is 0 Å². The number of hydrogen-bond acceptors (Lipinski definition) is 3. The standard InChI is InChI=1S/C8H16N2.CH4O/c1-2-5-10-6-4-9-7-8(10)3-1;1-2/h8-9H,1-7H2;2H,1H3/t8-;/m1./s1. The number of hydrogen-bond donors (Lipinski definition) is 2. The van der Waals surface area contributed by atoms with Crippen molar-refractivity contribution in [2.45, 2.75) is 25.3 Å². The molecule has 0 saturated carbocycles. The van der Waals surface area contributed by atoms with Crippen LogP contribution in [-0.4, -0.2) is 49.3 Å². The van der Waals surface area contributed by atoms with Gasteiger partial charge in [0.15, 0.2) is 0 Å². The molecule has 0 bridgehead atoms. The SMILES string of the molecule is C1CCN2CCNC[C@H]2C1.CO. The topological polar surface area (TPSA) is 35.5 Å². The van der Waals surface area contributed by atoms with Gasteiger partial charge >= 0.3 is 0 Å². The number of nitrogens with zero attached hydrogens (tertiary/aromatic N) is 1. The third-order valence-electron chi connectivity index (χ3n) is 2.70. The fraction of sp³-hybridized carbons (Fsp3) is 1.00. The van der Waals surface area contributed by atoms with Crippen LogP contribution in [0.2, 0.25) is 0 Å². The van der Waals surface area contributed by atoms with Crippen LogP contribution in [0.5, 0.6) is 0 Å². The minimum Gasteiger partial charge on any atom is -0.400 e. The first-order valence-electron chi connectivity index (χ1n) is 4.86. The van der Waals surface area contributed by atoms with Gasteiger partial charge < -0.3 is 10.4 Å². The molecule has 2 heterocycles. The molecule has 2 aliphatic heterocycles. The van der Waals surface area contributed by atoms with Gasteiger partial charge in [-0.2, -0.15) is 0 Å². The van der Waals surface area contributed by atoms with Crippen molar-refractivity contribution in [1.29, 1.82) is 0 Å². The van der Waals surface area contributed by atoms with Crippen LogP contribution in [0.25, 0.3) is 0 Å². The molecular weight excluding hydrogens is 152 g/mol. The number of nitrogens with one attached hydrogen (secondary N) is 1. The molecule has 2 N–H and O–H groups in total. The summed E-state index contributed by atoms with van der Waals surface area (Å²) < 4.78 is 0. The van der Waals surface area contributed by atoms with Crippen molar-refractivity contribution in [3.8, 4) is 0 Å². The summed E-state index contributed by atoms with van der Waals surface area (Å²) in [4.78, 5) is 2.64. The van der Waals surface area contributed by atoms with E-state index >= 15 is 0 Å². The van der Waals surface area contributed by atoms with Gasteiger partial charge in [-0.15, -0.1) is 0 Å². The van der Waals surface area contributed by atoms with E-state index in [1.54, 1.807) is 0 Å². The zero-order chi connectivity index (χ0) is 8.81. The van der Waals surface area contributed by atoms with E-state index in [4.69, 9.17) is 5.11 Å². The Kier molecular flexibility index (Phi) is 4.58. The van der Waals surface area contributed by atoms with Gasteiger partial charge in [0, 0.05) is 32.8 Å². The molecule has 0 aromatic heterocycles. The molecule has 2 saturated heterocycles. The van der Waals surface area contributed by atoms with E-state index < -0.39 is 0 Å². The van der Waals surface area contributed by atoms with Gasteiger partial charge in [-0.3, -0.25) is 4.90 Å². The van der Waals surface area contributed by atoms with Gasteiger partial charge in [0.2, 0.25) is 0 Å².